The van der Waals surface area contributed by atoms with E-state index in [0.29, 0.717) is 5.69 Å². The van der Waals surface area contributed by atoms with Crippen LogP contribution in [0.5, 0.6) is 0 Å². The average Bonchev–Trinajstić information content (AvgIpc) is 3.23. The molecule has 0 aliphatic heterocycles. The number of ether oxygens (including phenoxy) is 1. The average molecular weight is 421 g/mol. The summed E-state index contributed by atoms with van der Waals surface area (Å²) in [5.41, 5.74) is 9.19. The number of benzene rings is 1. The van der Waals surface area contributed by atoms with E-state index in [9.17, 15) is 4.79 Å². The molecule has 0 radical (unpaired) electrons. The van der Waals surface area contributed by atoms with Gasteiger partial charge in [-0.3, -0.25) is 4.79 Å². The predicted molar refractivity (Wildman–Crippen MR) is 93.5 cm³/mol. The van der Waals surface area contributed by atoms with Crippen LogP contribution >= 0.6 is 15.9 Å². The minimum Gasteiger partial charge on any atom is -0.378 e. The summed E-state index contributed by atoms with van der Waals surface area (Å²) in [6.45, 7) is 0.0377. The number of hydrazone groups is 1. The largest absolute Gasteiger partial charge is 0.378 e. The van der Waals surface area contributed by atoms with E-state index in [4.69, 9.17) is 10.5 Å². The number of aromatic nitrogens is 5. The van der Waals surface area contributed by atoms with E-state index in [-0.39, 0.29) is 23.9 Å². The number of carbonyl (C=O) groups is 1. The van der Waals surface area contributed by atoms with E-state index in [2.05, 4.69) is 51.7 Å². The molecule has 0 unspecified atom stereocenters. The first-order valence-electron chi connectivity index (χ1n) is 7.21. The first-order chi connectivity index (χ1) is 12.6. The van der Waals surface area contributed by atoms with Gasteiger partial charge in [-0.15, -0.1) is 5.10 Å². The highest BCUT2D eigenvalue weighted by Gasteiger charge is 2.23. The summed E-state index contributed by atoms with van der Waals surface area (Å²) < 4.78 is 11.7. The number of nitrogens with one attached hydrogen (secondary N) is 1. The summed E-state index contributed by atoms with van der Waals surface area (Å²) in [5.74, 6) is -0.451. The van der Waals surface area contributed by atoms with Crippen molar-refractivity contribution in [2.45, 2.75) is 6.61 Å². The Morgan fingerprint density at radius 2 is 2.27 bits per heavy atom. The number of rotatable bonds is 6. The second-order valence-corrected chi connectivity index (χ2v) is 5.78. The van der Waals surface area contributed by atoms with E-state index in [0.717, 1.165) is 10.0 Å². The van der Waals surface area contributed by atoms with Gasteiger partial charge in [0.15, 0.2) is 5.69 Å². The molecular weight excluding hydrogens is 408 g/mol. The van der Waals surface area contributed by atoms with Crippen molar-refractivity contribution >= 4 is 33.9 Å². The molecule has 2 aromatic heterocycles. The molecule has 0 atom stereocenters. The van der Waals surface area contributed by atoms with E-state index in [1.54, 1.807) is 0 Å². The van der Waals surface area contributed by atoms with Gasteiger partial charge in [0.05, 0.1) is 12.8 Å². The second kappa shape index (κ2) is 7.84. The maximum absolute atomic E-state index is 12.4. The van der Waals surface area contributed by atoms with Crippen molar-refractivity contribution in [3.8, 4) is 5.82 Å². The Hall–Kier alpha value is -3.12. The van der Waals surface area contributed by atoms with Gasteiger partial charge >= 0.3 is 0 Å². The third kappa shape index (κ3) is 3.60. The van der Waals surface area contributed by atoms with E-state index >= 15 is 0 Å². The van der Waals surface area contributed by atoms with Crippen molar-refractivity contribution < 1.29 is 14.2 Å². The van der Waals surface area contributed by atoms with Crippen molar-refractivity contribution in [3.63, 3.8) is 0 Å². The molecule has 0 aliphatic carbocycles. The summed E-state index contributed by atoms with van der Waals surface area (Å²) in [6, 6.07) is 7.43. The zero-order valence-corrected chi connectivity index (χ0v) is 15.0. The molecule has 0 spiro atoms. The molecule has 1 amide bonds. The van der Waals surface area contributed by atoms with Gasteiger partial charge in [-0.05, 0) is 16.4 Å². The van der Waals surface area contributed by atoms with Crippen molar-refractivity contribution in [2.75, 3.05) is 12.8 Å². The third-order valence-electron chi connectivity index (χ3n) is 3.23. The fraction of sp³-hybridized carbons (Fsp3) is 0.143. The minimum absolute atomic E-state index is 0.00570. The van der Waals surface area contributed by atoms with E-state index < -0.39 is 5.91 Å². The van der Waals surface area contributed by atoms with Gasteiger partial charge in [-0.25, -0.2) is 10.1 Å². The number of hydrogen-bond donors (Lipinski definition) is 2. The molecule has 11 nitrogen and oxygen atoms in total. The lowest BCUT2D eigenvalue weighted by Gasteiger charge is -2.04. The first-order valence-corrected chi connectivity index (χ1v) is 8.01. The van der Waals surface area contributed by atoms with Gasteiger partial charge in [0, 0.05) is 17.1 Å². The van der Waals surface area contributed by atoms with Crippen LogP contribution in [0.3, 0.4) is 0 Å². The Bertz CT molecular complexity index is 951. The number of methoxy groups -OCH3 is 1. The third-order valence-corrected chi connectivity index (χ3v) is 3.95. The Balaban J connectivity index is 1.82. The zero-order chi connectivity index (χ0) is 18.5. The van der Waals surface area contributed by atoms with Crippen LogP contribution in [0.4, 0.5) is 5.82 Å². The van der Waals surface area contributed by atoms with Crippen molar-refractivity contribution in [3.05, 3.63) is 45.7 Å². The molecule has 26 heavy (non-hydrogen) atoms. The molecule has 1 aromatic carbocycles. The maximum Gasteiger partial charge on any atom is 0.293 e. The smallest absolute Gasteiger partial charge is 0.293 e. The first kappa shape index (κ1) is 17.7. The van der Waals surface area contributed by atoms with Crippen LogP contribution in [0.25, 0.3) is 5.82 Å². The molecule has 3 N–H and O–H groups in total. The standard InChI is InChI=1S/C14H13BrN8O3/c1-25-7-10-11(18-22-23(10)13-12(16)20-26-21-13)14(24)19-17-6-8-4-2-3-5-9(8)15/h2-6H,7H2,1H3,(H2,16,20)(H,19,24)/b17-6+. The Morgan fingerprint density at radius 3 is 2.96 bits per heavy atom. The molecule has 0 saturated heterocycles. The van der Waals surface area contributed by atoms with Crippen molar-refractivity contribution in [2.24, 2.45) is 5.10 Å². The highest BCUT2D eigenvalue weighted by Crippen LogP contribution is 2.16. The van der Waals surface area contributed by atoms with Crippen LogP contribution in [0, 0.1) is 0 Å². The molecular formula is C14H13BrN8O3. The highest BCUT2D eigenvalue weighted by molar-refractivity contribution is 9.10. The summed E-state index contributed by atoms with van der Waals surface area (Å²) in [5, 5.41) is 18.8. The lowest BCUT2D eigenvalue weighted by molar-refractivity contribution is 0.0944. The molecule has 0 aliphatic rings. The molecule has 134 valence electrons. The Morgan fingerprint density at radius 1 is 1.46 bits per heavy atom. The number of amides is 1. The highest BCUT2D eigenvalue weighted by atomic mass is 79.9. The lowest BCUT2D eigenvalue weighted by atomic mass is 10.2. The summed E-state index contributed by atoms with van der Waals surface area (Å²) in [6.07, 6.45) is 1.50. The van der Waals surface area contributed by atoms with Gasteiger partial charge in [-0.1, -0.05) is 39.3 Å². The molecule has 3 rings (SSSR count). The van der Waals surface area contributed by atoms with Gasteiger partial charge in [0.25, 0.3) is 5.91 Å². The summed E-state index contributed by atoms with van der Waals surface area (Å²) >= 11 is 3.39. The Kier molecular flexibility index (Phi) is 5.34. The number of carbonyl (C=O) groups excluding carboxylic acids is 1. The summed E-state index contributed by atoms with van der Waals surface area (Å²) in [7, 11) is 1.47. The van der Waals surface area contributed by atoms with E-state index in [1.807, 2.05) is 24.3 Å². The molecule has 3 aromatic rings. The number of hydrogen-bond acceptors (Lipinski definition) is 9. The van der Waals surface area contributed by atoms with Crippen LogP contribution in [-0.2, 0) is 11.3 Å². The van der Waals surface area contributed by atoms with Crippen LogP contribution in [-0.4, -0.2) is 44.5 Å². The second-order valence-electron chi connectivity index (χ2n) is 4.92. The fourth-order valence-electron chi connectivity index (χ4n) is 2.05. The molecule has 12 heteroatoms. The van der Waals surface area contributed by atoms with Crippen LogP contribution in [0.15, 0.2) is 38.5 Å². The van der Waals surface area contributed by atoms with Crippen molar-refractivity contribution in [1.29, 1.82) is 0 Å². The monoisotopic (exact) mass is 420 g/mol. The van der Waals surface area contributed by atoms with Gasteiger partial charge in [0.1, 0.15) is 5.69 Å². The molecule has 0 bridgehead atoms. The number of nitrogens with two attached hydrogens (primary N) is 1. The normalized spacial score (nSPS) is 11.2. The summed E-state index contributed by atoms with van der Waals surface area (Å²) in [4.78, 5) is 12.4. The molecule has 0 fully saturated rings. The van der Waals surface area contributed by atoms with Gasteiger partial charge in [0.2, 0.25) is 11.6 Å². The molecule has 0 saturated carbocycles. The number of halogens is 1. The Labute approximate surface area is 155 Å². The van der Waals surface area contributed by atoms with Crippen molar-refractivity contribution in [1.82, 2.24) is 30.7 Å². The maximum atomic E-state index is 12.4. The quantitative estimate of drug-likeness (QED) is 0.441. The number of anilines is 1. The number of nitrogens with zero attached hydrogens (tertiary/aromatic N) is 6. The van der Waals surface area contributed by atoms with Crippen LogP contribution in [0.2, 0.25) is 0 Å². The minimum atomic E-state index is -0.568. The van der Waals surface area contributed by atoms with Crippen LogP contribution < -0.4 is 11.2 Å². The van der Waals surface area contributed by atoms with E-state index in [1.165, 1.54) is 18.0 Å². The zero-order valence-electron chi connectivity index (χ0n) is 13.5. The van der Waals surface area contributed by atoms with Crippen LogP contribution in [0.1, 0.15) is 21.7 Å². The number of nitrogen functional groups attached to an aromatic ring is 1. The lowest BCUT2D eigenvalue weighted by Crippen LogP contribution is -2.20. The fourth-order valence-corrected chi connectivity index (χ4v) is 2.43. The predicted octanol–water partition coefficient (Wildman–Crippen LogP) is 0.905. The molecule has 2 heterocycles. The van der Waals surface area contributed by atoms with Gasteiger partial charge in [-0.2, -0.15) is 9.78 Å². The van der Waals surface area contributed by atoms with Gasteiger partial charge < -0.3 is 10.5 Å². The SMILES string of the molecule is COCc1c(C(=O)N/N=C/c2ccccc2Br)nnn1-c1nonc1N. The topological polar surface area (TPSA) is 146 Å².